The van der Waals surface area contributed by atoms with Gasteiger partial charge in [-0.15, -0.1) is 0 Å². The summed E-state index contributed by atoms with van der Waals surface area (Å²) in [5, 5.41) is 0. The average molecular weight is 269 g/mol. The lowest BCUT2D eigenvalue weighted by Gasteiger charge is -2.24. The molecule has 1 heterocycles. The van der Waals surface area contributed by atoms with Crippen LogP contribution in [0.15, 0.2) is 36.4 Å². The first-order chi connectivity index (χ1) is 9.66. The van der Waals surface area contributed by atoms with Gasteiger partial charge in [0.2, 0.25) is 0 Å². The largest absolute Gasteiger partial charge is 0.486 e. The van der Waals surface area contributed by atoms with E-state index in [0.29, 0.717) is 13.2 Å². The van der Waals surface area contributed by atoms with E-state index in [4.69, 9.17) is 15.2 Å². The molecule has 2 aromatic rings. The molecule has 0 radical (unpaired) electrons. The van der Waals surface area contributed by atoms with E-state index >= 15 is 0 Å². The lowest BCUT2D eigenvalue weighted by Crippen LogP contribution is -2.20. The second kappa shape index (κ2) is 5.17. The summed E-state index contributed by atoms with van der Waals surface area (Å²) in [6, 6.07) is 12.1. The fraction of sp³-hybridized carbons (Fsp3) is 0.294. The maximum atomic E-state index is 6.47. The number of benzene rings is 2. The highest BCUT2D eigenvalue weighted by Gasteiger charge is 2.21. The molecule has 2 N–H and O–H groups in total. The Labute approximate surface area is 119 Å². The van der Waals surface area contributed by atoms with Gasteiger partial charge in [0.15, 0.2) is 11.5 Å². The minimum atomic E-state index is -0.202. The zero-order valence-corrected chi connectivity index (χ0v) is 11.8. The summed E-state index contributed by atoms with van der Waals surface area (Å²) in [7, 11) is 0. The van der Waals surface area contributed by atoms with Gasteiger partial charge in [-0.2, -0.15) is 0 Å². The first-order valence-corrected chi connectivity index (χ1v) is 6.88. The Balaban J connectivity index is 2.06. The summed E-state index contributed by atoms with van der Waals surface area (Å²) < 4.78 is 11.4. The summed E-state index contributed by atoms with van der Waals surface area (Å²) in [6.45, 7) is 5.33. The molecule has 0 amide bonds. The van der Waals surface area contributed by atoms with Crippen LogP contribution in [0.2, 0.25) is 0 Å². The van der Waals surface area contributed by atoms with Crippen molar-refractivity contribution in [3.63, 3.8) is 0 Å². The van der Waals surface area contributed by atoms with E-state index in [-0.39, 0.29) is 6.04 Å². The molecule has 0 saturated carbocycles. The molecule has 0 saturated heterocycles. The van der Waals surface area contributed by atoms with Gasteiger partial charge in [0.25, 0.3) is 0 Å². The van der Waals surface area contributed by atoms with E-state index in [2.05, 4.69) is 32.0 Å². The second-order valence-electron chi connectivity index (χ2n) is 5.21. The SMILES string of the molecule is Cc1ccc(C)c(C(N)c2cccc3c2OCCO3)c1. The van der Waals surface area contributed by atoms with Crippen LogP contribution in [0.4, 0.5) is 0 Å². The Morgan fingerprint density at radius 2 is 1.80 bits per heavy atom. The topological polar surface area (TPSA) is 44.5 Å². The molecular weight excluding hydrogens is 250 g/mol. The normalized spacial score (nSPS) is 14.9. The Bertz CT molecular complexity index is 637. The van der Waals surface area contributed by atoms with Gasteiger partial charge in [0.1, 0.15) is 13.2 Å². The third-order valence-corrected chi connectivity index (χ3v) is 3.70. The molecule has 0 fully saturated rings. The van der Waals surface area contributed by atoms with Gasteiger partial charge in [-0.25, -0.2) is 0 Å². The van der Waals surface area contributed by atoms with E-state index in [1.54, 1.807) is 0 Å². The quantitative estimate of drug-likeness (QED) is 0.911. The van der Waals surface area contributed by atoms with Gasteiger partial charge in [-0.3, -0.25) is 0 Å². The van der Waals surface area contributed by atoms with Crippen molar-refractivity contribution in [1.29, 1.82) is 0 Å². The molecule has 104 valence electrons. The van der Waals surface area contributed by atoms with Crippen molar-refractivity contribution < 1.29 is 9.47 Å². The van der Waals surface area contributed by atoms with Gasteiger partial charge in [0, 0.05) is 5.56 Å². The van der Waals surface area contributed by atoms with E-state index in [1.165, 1.54) is 11.1 Å². The van der Waals surface area contributed by atoms with Crippen LogP contribution < -0.4 is 15.2 Å². The van der Waals surface area contributed by atoms with Crippen molar-refractivity contribution in [2.75, 3.05) is 13.2 Å². The van der Waals surface area contributed by atoms with Crippen molar-refractivity contribution >= 4 is 0 Å². The van der Waals surface area contributed by atoms with E-state index in [0.717, 1.165) is 22.6 Å². The van der Waals surface area contributed by atoms with Crippen LogP contribution in [-0.4, -0.2) is 13.2 Å². The van der Waals surface area contributed by atoms with Crippen molar-refractivity contribution in [3.8, 4) is 11.5 Å². The molecule has 0 spiro atoms. The molecule has 3 rings (SSSR count). The van der Waals surface area contributed by atoms with Crippen LogP contribution >= 0.6 is 0 Å². The van der Waals surface area contributed by atoms with Crippen molar-refractivity contribution in [2.24, 2.45) is 5.73 Å². The van der Waals surface area contributed by atoms with Crippen LogP contribution in [0.25, 0.3) is 0 Å². The number of nitrogens with two attached hydrogens (primary N) is 1. The van der Waals surface area contributed by atoms with Crippen molar-refractivity contribution in [2.45, 2.75) is 19.9 Å². The summed E-state index contributed by atoms with van der Waals surface area (Å²) in [4.78, 5) is 0. The smallest absolute Gasteiger partial charge is 0.166 e. The van der Waals surface area contributed by atoms with Gasteiger partial charge >= 0.3 is 0 Å². The highest BCUT2D eigenvalue weighted by molar-refractivity contribution is 5.52. The number of fused-ring (bicyclic) bond motifs is 1. The van der Waals surface area contributed by atoms with Gasteiger partial charge in [0.05, 0.1) is 6.04 Å². The Morgan fingerprint density at radius 1 is 1.00 bits per heavy atom. The lowest BCUT2D eigenvalue weighted by molar-refractivity contribution is 0.169. The number of aryl methyl sites for hydroxylation is 2. The second-order valence-corrected chi connectivity index (χ2v) is 5.21. The van der Waals surface area contributed by atoms with Crippen LogP contribution in [0.3, 0.4) is 0 Å². The first-order valence-electron chi connectivity index (χ1n) is 6.88. The predicted octanol–water partition coefficient (Wildman–Crippen LogP) is 3.12. The molecule has 0 aromatic heterocycles. The van der Waals surface area contributed by atoms with Crippen LogP contribution in [0, 0.1) is 13.8 Å². The summed E-state index contributed by atoms with van der Waals surface area (Å²) in [6.07, 6.45) is 0. The molecule has 3 heteroatoms. The van der Waals surface area contributed by atoms with Crippen LogP contribution in [-0.2, 0) is 0 Å². The molecule has 1 unspecified atom stereocenters. The van der Waals surface area contributed by atoms with Gasteiger partial charge in [-0.05, 0) is 31.0 Å². The number of hydrogen-bond acceptors (Lipinski definition) is 3. The summed E-state index contributed by atoms with van der Waals surface area (Å²) in [5.74, 6) is 1.57. The molecule has 1 aliphatic rings. The Morgan fingerprint density at radius 3 is 2.65 bits per heavy atom. The predicted molar refractivity (Wildman–Crippen MR) is 79.4 cm³/mol. The Hall–Kier alpha value is -2.00. The third-order valence-electron chi connectivity index (χ3n) is 3.70. The highest BCUT2D eigenvalue weighted by atomic mass is 16.6. The number of hydrogen-bond donors (Lipinski definition) is 1. The maximum absolute atomic E-state index is 6.47. The molecule has 2 aromatic carbocycles. The van der Waals surface area contributed by atoms with Crippen LogP contribution in [0.1, 0.15) is 28.3 Å². The molecule has 1 aliphatic heterocycles. The number of ether oxygens (including phenoxy) is 2. The van der Waals surface area contributed by atoms with E-state index in [9.17, 15) is 0 Å². The molecular formula is C17H19NO2. The molecule has 0 bridgehead atoms. The maximum Gasteiger partial charge on any atom is 0.166 e. The highest BCUT2D eigenvalue weighted by Crippen LogP contribution is 2.38. The van der Waals surface area contributed by atoms with Crippen LogP contribution in [0.5, 0.6) is 11.5 Å². The zero-order chi connectivity index (χ0) is 14.1. The Kier molecular flexibility index (Phi) is 3.36. The number of rotatable bonds is 2. The molecule has 20 heavy (non-hydrogen) atoms. The lowest BCUT2D eigenvalue weighted by atomic mass is 9.93. The summed E-state index contributed by atoms with van der Waals surface area (Å²) >= 11 is 0. The van der Waals surface area contributed by atoms with Crippen molar-refractivity contribution in [1.82, 2.24) is 0 Å². The number of para-hydroxylation sites is 1. The standard InChI is InChI=1S/C17H19NO2/c1-11-6-7-12(2)14(10-11)16(18)13-4-3-5-15-17(13)20-9-8-19-15/h3-7,10,16H,8-9,18H2,1-2H3. The molecule has 3 nitrogen and oxygen atoms in total. The average Bonchev–Trinajstić information content (AvgIpc) is 2.48. The minimum absolute atomic E-state index is 0.202. The first kappa shape index (κ1) is 13.0. The van der Waals surface area contributed by atoms with Gasteiger partial charge in [-0.1, -0.05) is 35.9 Å². The van der Waals surface area contributed by atoms with E-state index < -0.39 is 0 Å². The molecule has 1 atom stereocenters. The minimum Gasteiger partial charge on any atom is -0.486 e. The van der Waals surface area contributed by atoms with Gasteiger partial charge < -0.3 is 15.2 Å². The monoisotopic (exact) mass is 269 g/mol. The third kappa shape index (κ3) is 2.25. The van der Waals surface area contributed by atoms with E-state index in [1.807, 2.05) is 18.2 Å². The fourth-order valence-corrected chi connectivity index (χ4v) is 2.60. The van der Waals surface area contributed by atoms with Crippen molar-refractivity contribution in [3.05, 3.63) is 58.7 Å². The fourth-order valence-electron chi connectivity index (χ4n) is 2.60. The zero-order valence-electron chi connectivity index (χ0n) is 11.8. The molecule has 0 aliphatic carbocycles. The summed E-state index contributed by atoms with van der Waals surface area (Å²) in [5.41, 5.74) is 11.0.